The highest BCUT2D eigenvalue weighted by molar-refractivity contribution is 14.1. The van der Waals surface area contributed by atoms with Crippen LogP contribution >= 0.6 is 34.4 Å². The van der Waals surface area contributed by atoms with Crippen molar-refractivity contribution in [1.82, 2.24) is 19.5 Å². The van der Waals surface area contributed by atoms with Crippen LogP contribution in [0.3, 0.4) is 0 Å². The Labute approximate surface area is 156 Å². The smallest absolute Gasteiger partial charge is 0.175 e. The van der Waals surface area contributed by atoms with Gasteiger partial charge in [0.05, 0.1) is 6.61 Å². The Morgan fingerprint density at radius 2 is 2.21 bits per heavy atom. The molecule has 4 rings (SSSR count). The third-order valence-corrected chi connectivity index (χ3v) is 6.13. The number of imidazole rings is 1. The number of ether oxygens (including phenoxy) is 1. The maximum Gasteiger partial charge on any atom is 0.175 e. The molecule has 0 fully saturated rings. The normalized spacial score (nSPS) is 13.2. The van der Waals surface area contributed by atoms with Gasteiger partial charge in [0.2, 0.25) is 0 Å². The van der Waals surface area contributed by atoms with Gasteiger partial charge in [-0.05, 0) is 40.3 Å². The second kappa shape index (κ2) is 6.37. The fourth-order valence-electron chi connectivity index (χ4n) is 2.70. The Morgan fingerprint density at radius 3 is 3.04 bits per heavy atom. The lowest BCUT2D eigenvalue weighted by Crippen LogP contribution is -2.11. The number of nitrogen functional groups attached to an aromatic ring is 1. The van der Waals surface area contributed by atoms with E-state index < -0.39 is 0 Å². The van der Waals surface area contributed by atoms with Gasteiger partial charge >= 0.3 is 0 Å². The number of hydrogen-bond donors (Lipinski definition) is 2. The summed E-state index contributed by atoms with van der Waals surface area (Å²) in [5.41, 5.74) is 14.3. The number of nitrogens with two attached hydrogens (primary N) is 2. The molecule has 0 aliphatic carbocycles. The third kappa shape index (κ3) is 2.70. The molecule has 0 saturated heterocycles. The van der Waals surface area contributed by atoms with Gasteiger partial charge in [0.1, 0.15) is 12.1 Å². The molecule has 1 aliphatic rings. The molecule has 0 atom stereocenters. The minimum atomic E-state index is 0.379. The van der Waals surface area contributed by atoms with Crippen LogP contribution in [0.5, 0.6) is 5.75 Å². The van der Waals surface area contributed by atoms with E-state index in [0.29, 0.717) is 30.1 Å². The van der Waals surface area contributed by atoms with Crippen molar-refractivity contribution in [3.63, 3.8) is 0 Å². The van der Waals surface area contributed by atoms with Gasteiger partial charge in [0.15, 0.2) is 22.1 Å². The van der Waals surface area contributed by atoms with Crippen LogP contribution in [0.4, 0.5) is 5.82 Å². The van der Waals surface area contributed by atoms with E-state index in [0.717, 1.165) is 28.8 Å². The van der Waals surface area contributed by atoms with E-state index in [1.807, 2.05) is 4.57 Å². The van der Waals surface area contributed by atoms with Crippen molar-refractivity contribution >= 4 is 51.3 Å². The molecule has 0 amide bonds. The van der Waals surface area contributed by atoms with Crippen LogP contribution in [0.1, 0.15) is 5.56 Å². The number of benzene rings is 1. The zero-order valence-electron chi connectivity index (χ0n) is 12.7. The highest BCUT2D eigenvalue weighted by Gasteiger charge is 2.19. The Balaban J connectivity index is 1.80. The molecule has 124 valence electrons. The van der Waals surface area contributed by atoms with Crippen LogP contribution in [-0.4, -0.2) is 32.7 Å². The largest absolute Gasteiger partial charge is 0.493 e. The van der Waals surface area contributed by atoms with Crippen molar-refractivity contribution in [3.05, 3.63) is 27.6 Å². The van der Waals surface area contributed by atoms with Crippen LogP contribution < -0.4 is 16.2 Å². The molecule has 1 aliphatic heterocycles. The summed E-state index contributed by atoms with van der Waals surface area (Å²) in [5.74, 6) is 1.34. The Morgan fingerprint density at radius 1 is 1.33 bits per heavy atom. The first-order valence-corrected chi connectivity index (χ1v) is 9.36. The Kier molecular flexibility index (Phi) is 4.22. The lowest BCUT2D eigenvalue weighted by molar-refractivity contribution is 0.356. The average Bonchev–Trinajstić information content (AvgIpc) is 3.14. The van der Waals surface area contributed by atoms with Crippen molar-refractivity contribution in [1.29, 1.82) is 0 Å². The first kappa shape index (κ1) is 15.9. The SMILES string of the molecule is NCCn1c(Sc2cc3c(cc2I)CCO3)nc2c(N)ncnc21. The fraction of sp³-hybridized carbons (Fsp3) is 0.267. The number of aromatic nitrogens is 4. The van der Waals surface area contributed by atoms with Crippen molar-refractivity contribution in [3.8, 4) is 5.75 Å². The monoisotopic (exact) mass is 454 g/mol. The second-order valence-corrected chi connectivity index (χ2v) is 7.53. The zero-order chi connectivity index (χ0) is 16.7. The molecule has 1 aromatic carbocycles. The molecule has 9 heteroatoms. The van der Waals surface area contributed by atoms with Crippen molar-refractivity contribution in [2.45, 2.75) is 23.0 Å². The van der Waals surface area contributed by atoms with Gasteiger partial charge in [-0.1, -0.05) is 11.8 Å². The Bertz CT molecular complexity index is 928. The molecule has 0 spiro atoms. The van der Waals surface area contributed by atoms with Crippen LogP contribution in [0.25, 0.3) is 11.2 Å². The van der Waals surface area contributed by atoms with Gasteiger partial charge in [0.25, 0.3) is 0 Å². The average molecular weight is 454 g/mol. The minimum Gasteiger partial charge on any atom is -0.493 e. The molecule has 4 N–H and O–H groups in total. The number of halogens is 1. The summed E-state index contributed by atoms with van der Waals surface area (Å²) in [7, 11) is 0. The number of rotatable bonds is 4. The summed E-state index contributed by atoms with van der Waals surface area (Å²) in [6.45, 7) is 1.86. The number of anilines is 1. The van der Waals surface area contributed by atoms with E-state index in [1.54, 1.807) is 11.8 Å². The molecule has 2 aromatic heterocycles. The van der Waals surface area contributed by atoms with E-state index in [2.05, 4.69) is 49.7 Å². The first-order chi connectivity index (χ1) is 11.7. The molecule has 3 heterocycles. The molecular formula is C15H15IN6OS. The van der Waals surface area contributed by atoms with Crippen LogP contribution in [0.15, 0.2) is 28.5 Å². The molecule has 0 radical (unpaired) electrons. The second-order valence-electron chi connectivity index (χ2n) is 5.36. The predicted octanol–water partition coefficient (Wildman–Crippen LogP) is 2.06. The highest BCUT2D eigenvalue weighted by atomic mass is 127. The molecular weight excluding hydrogens is 439 g/mol. The first-order valence-electron chi connectivity index (χ1n) is 7.47. The summed E-state index contributed by atoms with van der Waals surface area (Å²) in [6.07, 6.45) is 2.42. The van der Waals surface area contributed by atoms with E-state index in [9.17, 15) is 0 Å². The third-order valence-electron chi connectivity index (χ3n) is 3.82. The fourth-order valence-corrected chi connectivity index (χ4v) is 4.50. The zero-order valence-corrected chi connectivity index (χ0v) is 15.7. The Hall–Kier alpha value is -1.59. The van der Waals surface area contributed by atoms with Crippen LogP contribution in [0, 0.1) is 3.57 Å². The summed E-state index contributed by atoms with van der Waals surface area (Å²) >= 11 is 3.91. The van der Waals surface area contributed by atoms with E-state index >= 15 is 0 Å². The quantitative estimate of drug-likeness (QED) is 0.582. The maximum absolute atomic E-state index is 5.94. The molecule has 24 heavy (non-hydrogen) atoms. The maximum atomic E-state index is 5.94. The van der Waals surface area contributed by atoms with Gasteiger partial charge in [0, 0.05) is 28.0 Å². The van der Waals surface area contributed by atoms with Gasteiger partial charge in [-0.25, -0.2) is 15.0 Å². The lowest BCUT2D eigenvalue weighted by atomic mass is 10.2. The van der Waals surface area contributed by atoms with Crippen molar-refractivity contribution in [2.75, 3.05) is 18.9 Å². The molecule has 7 nitrogen and oxygen atoms in total. The standard InChI is InChI=1S/C15H15IN6OS/c16-9-5-8-1-4-23-10(8)6-11(9)24-15-21-12-13(18)19-7-20-14(12)22(15)3-2-17/h5-7H,1-4,17H2,(H2,18,19,20). The molecule has 0 saturated carbocycles. The summed E-state index contributed by atoms with van der Waals surface area (Å²) in [4.78, 5) is 14.1. The van der Waals surface area contributed by atoms with E-state index in [4.69, 9.17) is 16.2 Å². The summed E-state index contributed by atoms with van der Waals surface area (Å²) < 4.78 is 8.84. The van der Waals surface area contributed by atoms with Crippen LogP contribution in [0.2, 0.25) is 0 Å². The summed E-state index contributed by atoms with van der Waals surface area (Å²) in [6, 6.07) is 4.26. The van der Waals surface area contributed by atoms with Gasteiger partial charge in [-0.15, -0.1) is 0 Å². The van der Waals surface area contributed by atoms with Gasteiger partial charge in [-0.3, -0.25) is 0 Å². The summed E-state index contributed by atoms with van der Waals surface area (Å²) in [5, 5.41) is 0.804. The highest BCUT2D eigenvalue weighted by Crippen LogP contribution is 2.38. The van der Waals surface area contributed by atoms with Crippen LogP contribution in [-0.2, 0) is 13.0 Å². The topological polar surface area (TPSA) is 105 Å². The van der Waals surface area contributed by atoms with E-state index in [1.165, 1.54) is 15.5 Å². The molecule has 0 unspecified atom stereocenters. The lowest BCUT2D eigenvalue weighted by Gasteiger charge is -2.09. The van der Waals surface area contributed by atoms with Crippen molar-refractivity contribution in [2.24, 2.45) is 5.73 Å². The molecule has 0 bridgehead atoms. The number of nitrogens with zero attached hydrogens (tertiary/aromatic N) is 4. The van der Waals surface area contributed by atoms with Gasteiger partial charge in [-0.2, -0.15) is 0 Å². The minimum absolute atomic E-state index is 0.379. The van der Waals surface area contributed by atoms with Crippen molar-refractivity contribution < 1.29 is 4.74 Å². The predicted molar refractivity (Wildman–Crippen MR) is 101 cm³/mol. The molecule has 3 aromatic rings. The van der Waals surface area contributed by atoms with E-state index in [-0.39, 0.29) is 0 Å². The number of fused-ring (bicyclic) bond motifs is 2. The number of hydrogen-bond acceptors (Lipinski definition) is 7. The van der Waals surface area contributed by atoms with Gasteiger partial charge < -0.3 is 20.8 Å².